The molecule has 1 saturated heterocycles. The van der Waals surface area contributed by atoms with Crippen molar-refractivity contribution in [2.75, 3.05) is 50.0 Å². The summed E-state index contributed by atoms with van der Waals surface area (Å²) in [4.78, 5) is 40.9. The van der Waals surface area contributed by atoms with Crippen molar-refractivity contribution >= 4 is 29.6 Å². The number of aromatic nitrogens is 2. The first-order valence-corrected chi connectivity index (χ1v) is 10.1. The molecule has 4 rings (SSSR count). The van der Waals surface area contributed by atoms with Crippen LogP contribution in [0.25, 0.3) is 0 Å². The number of nitrogens with zero attached hydrogens (tertiary/aromatic N) is 5. The molecule has 0 radical (unpaired) electrons. The molecule has 0 spiro atoms. The first-order chi connectivity index (χ1) is 15.2. The third kappa shape index (κ3) is 4.08. The van der Waals surface area contributed by atoms with Gasteiger partial charge in [-0.05, 0) is 25.2 Å². The maximum absolute atomic E-state index is 14.8. The summed E-state index contributed by atoms with van der Waals surface area (Å²) in [6, 6.07) is 4.35. The zero-order chi connectivity index (χ0) is 23.0. The quantitative estimate of drug-likeness (QED) is 0.648. The number of nitrogens with one attached hydrogen (secondary N) is 1. The summed E-state index contributed by atoms with van der Waals surface area (Å²) in [5, 5.41) is 25.0. The Hall–Kier alpha value is -3.67. The van der Waals surface area contributed by atoms with E-state index in [1.807, 2.05) is 11.9 Å². The second kappa shape index (κ2) is 8.46. The zero-order valence-electron chi connectivity index (χ0n) is 17.4. The average Bonchev–Trinajstić information content (AvgIpc) is 3.12. The van der Waals surface area contributed by atoms with Gasteiger partial charge >= 0.3 is 12.2 Å². The molecule has 2 aromatic rings. The van der Waals surface area contributed by atoms with Crippen molar-refractivity contribution in [3.8, 4) is 0 Å². The van der Waals surface area contributed by atoms with Gasteiger partial charge in [-0.15, -0.1) is 5.10 Å². The summed E-state index contributed by atoms with van der Waals surface area (Å²) >= 11 is 0. The number of benzene rings is 1. The number of carbonyl (C=O) groups excluding carboxylic acids is 1. The molecule has 0 saturated carbocycles. The highest BCUT2D eigenvalue weighted by Crippen LogP contribution is 2.27. The van der Waals surface area contributed by atoms with Gasteiger partial charge in [0.05, 0.1) is 17.8 Å². The maximum Gasteiger partial charge on any atom is 0.432 e. The molecule has 0 atom stereocenters. The highest BCUT2D eigenvalue weighted by molar-refractivity contribution is 6.04. The van der Waals surface area contributed by atoms with Crippen LogP contribution in [0, 0.1) is 5.82 Å². The van der Waals surface area contributed by atoms with Crippen LogP contribution in [0.4, 0.5) is 25.5 Å². The lowest BCUT2D eigenvalue weighted by Crippen LogP contribution is -2.44. The van der Waals surface area contributed by atoms with Gasteiger partial charge in [0.15, 0.2) is 5.82 Å². The fourth-order valence-corrected chi connectivity index (χ4v) is 3.97. The normalized spacial score (nSPS) is 16.6. The van der Waals surface area contributed by atoms with E-state index < -0.39 is 23.9 Å². The molecule has 2 aliphatic rings. The fraction of sp³-hybridized carbons (Fsp3) is 0.400. The molecule has 1 aromatic heterocycles. The van der Waals surface area contributed by atoms with Gasteiger partial charge in [-0.3, -0.25) is 4.79 Å². The second-order valence-electron chi connectivity index (χ2n) is 7.83. The second-order valence-corrected chi connectivity index (χ2v) is 7.83. The van der Waals surface area contributed by atoms with Gasteiger partial charge in [0.25, 0.3) is 5.91 Å². The van der Waals surface area contributed by atoms with Crippen LogP contribution in [0.5, 0.6) is 0 Å². The van der Waals surface area contributed by atoms with Crippen LogP contribution >= 0.6 is 0 Å². The predicted molar refractivity (Wildman–Crippen MR) is 112 cm³/mol. The lowest BCUT2D eigenvalue weighted by atomic mass is 10.1. The maximum atomic E-state index is 14.8. The lowest BCUT2D eigenvalue weighted by Gasteiger charge is -2.34. The van der Waals surface area contributed by atoms with Gasteiger partial charge in [-0.25, -0.2) is 14.0 Å². The number of carbonyl (C=O) groups is 3. The van der Waals surface area contributed by atoms with E-state index in [0.717, 1.165) is 35.8 Å². The summed E-state index contributed by atoms with van der Waals surface area (Å²) in [7, 11) is 2.02. The zero-order valence-corrected chi connectivity index (χ0v) is 17.4. The summed E-state index contributed by atoms with van der Waals surface area (Å²) in [5.41, 5.74) is 1.05. The van der Waals surface area contributed by atoms with E-state index >= 15 is 0 Å². The van der Waals surface area contributed by atoms with Gasteiger partial charge in [-0.2, -0.15) is 4.68 Å². The van der Waals surface area contributed by atoms with E-state index in [2.05, 4.69) is 15.3 Å². The third-order valence-corrected chi connectivity index (χ3v) is 5.81. The summed E-state index contributed by atoms with van der Waals surface area (Å²) in [6.45, 7) is 3.19. The first-order valence-electron chi connectivity index (χ1n) is 10.1. The molecule has 3 heterocycles. The lowest BCUT2D eigenvalue weighted by molar-refractivity contribution is 0.102. The minimum Gasteiger partial charge on any atom is -0.465 e. The molecule has 12 heteroatoms. The van der Waals surface area contributed by atoms with Crippen LogP contribution in [0.1, 0.15) is 21.6 Å². The van der Waals surface area contributed by atoms with Crippen molar-refractivity contribution in [2.24, 2.45) is 0 Å². The molecular formula is C20H23FN6O5. The molecule has 1 aromatic carbocycles. The minimum atomic E-state index is -1.35. The van der Waals surface area contributed by atoms with Crippen molar-refractivity contribution in [1.82, 2.24) is 19.6 Å². The van der Waals surface area contributed by atoms with Crippen LogP contribution in [0.15, 0.2) is 18.2 Å². The van der Waals surface area contributed by atoms with Crippen LogP contribution in [-0.4, -0.2) is 87.7 Å². The van der Waals surface area contributed by atoms with Gasteiger partial charge < -0.3 is 30.2 Å². The van der Waals surface area contributed by atoms with Gasteiger partial charge in [0.2, 0.25) is 0 Å². The van der Waals surface area contributed by atoms with Crippen LogP contribution in [-0.2, 0) is 13.0 Å². The summed E-state index contributed by atoms with van der Waals surface area (Å²) in [5.74, 6) is -1.60. The van der Waals surface area contributed by atoms with E-state index in [1.165, 1.54) is 12.1 Å². The third-order valence-electron chi connectivity index (χ3n) is 5.81. The summed E-state index contributed by atoms with van der Waals surface area (Å²) < 4.78 is 15.5. The number of piperazine rings is 1. The Bertz CT molecular complexity index is 1080. The van der Waals surface area contributed by atoms with Crippen molar-refractivity contribution in [3.63, 3.8) is 0 Å². The number of hydrogen-bond acceptors (Lipinski definition) is 6. The molecular weight excluding hydrogens is 423 g/mol. The van der Waals surface area contributed by atoms with Gasteiger partial charge in [-0.1, -0.05) is 0 Å². The Labute approximate surface area is 182 Å². The molecule has 1 fully saturated rings. The van der Waals surface area contributed by atoms with E-state index in [4.69, 9.17) is 0 Å². The van der Waals surface area contributed by atoms with Crippen molar-refractivity contribution in [1.29, 1.82) is 0 Å². The number of carboxylic acid groups (broad SMARTS) is 2. The van der Waals surface area contributed by atoms with E-state index in [0.29, 0.717) is 11.4 Å². The molecule has 0 bridgehead atoms. The number of hydrogen-bond donors (Lipinski definition) is 3. The standard InChI is InChI=1S/C20H23FN6O5/c1-24-6-8-25(9-7-24)12-2-3-13(15(21)10-12)18(28)22-17-14-11-26(19(29)30)5-4-16(14)27(23-17)20(31)32/h2-3,10H,4-9,11H2,1H3,(H,29,30)(H,31,32)(H,22,23,28). The molecule has 3 N–H and O–H groups in total. The molecule has 170 valence electrons. The molecule has 32 heavy (non-hydrogen) atoms. The van der Waals surface area contributed by atoms with E-state index in [1.54, 1.807) is 6.07 Å². The van der Waals surface area contributed by atoms with E-state index in [9.17, 15) is 29.0 Å². The highest BCUT2D eigenvalue weighted by atomic mass is 19.1. The highest BCUT2D eigenvalue weighted by Gasteiger charge is 2.30. The van der Waals surface area contributed by atoms with E-state index in [-0.39, 0.29) is 36.5 Å². The minimum absolute atomic E-state index is 0.0964. The summed E-state index contributed by atoms with van der Waals surface area (Å²) in [6.07, 6.45) is -2.39. The number of anilines is 2. The molecule has 2 amide bonds. The Kier molecular flexibility index (Phi) is 5.70. The Morgan fingerprint density at radius 3 is 2.41 bits per heavy atom. The number of halogens is 1. The van der Waals surface area contributed by atoms with Gasteiger partial charge in [0, 0.05) is 50.4 Å². The first kappa shape index (κ1) is 21.6. The van der Waals surface area contributed by atoms with Crippen molar-refractivity contribution in [3.05, 3.63) is 40.8 Å². The topological polar surface area (TPSA) is 131 Å². The SMILES string of the molecule is CN1CCN(c2ccc(C(=O)Nc3nn(C(=O)O)c4c3CN(C(=O)O)CC4)c(F)c2)CC1. The monoisotopic (exact) mass is 446 g/mol. The molecule has 11 nitrogen and oxygen atoms in total. The smallest absolute Gasteiger partial charge is 0.432 e. The largest absolute Gasteiger partial charge is 0.465 e. The van der Waals surface area contributed by atoms with Crippen molar-refractivity contribution < 1.29 is 29.0 Å². The Morgan fingerprint density at radius 1 is 1.06 bits per heavy atom. The van der Waals surface area contributed by atoms with Crippen LogP contribution < -0.4 is 10.2 Å². The number of rotatable bonds is 3. The Morgan fingerprint density at radius 2 is 1.78 bits per heavy atom. The van der Waals surface area contributed by atoms with Crippen molar-refractivity contribution in [2.45, 2.75) is 13.0 Å². The van der Waals surface area contributed by atoms with Gasteiger partial charge in [0.1, 0.15) is 5.82 Å². The fourth-order valence-electron chi connectivity index (χ4n) is 3.97. The predicted octanol–water partition coefficient (Wildman–Crippen LogP) is 1.59. The molecule has 2 aliphatic heterocycles. The number of fused-ring (bicyclic) bond motifs is 1. The van der Waals surface area contributed by atoms with Crippen LogP contribution in [0.2, 0.25) is 0 Å². The Balaban J connectivity index is 1.56. The number of likely N-dealkylation sites (N-methyl/N-ethyl adjacent to an activating group) is 1. The molecule has 0 aliphatic carbocycles. The number of amides is 2. The van der Waals surface area contributed by atoms with Crippen LogP contribution in [0.3, 0.4) is 0 Å². The average molecular weight is 446 g/mol. The molecule has 0 unspecified atom stereocenters.